The molecule has 21 heavy (non-hydrogen) atoms. The van der Waals surface area contributed by atoms with Crippen molar-refractivity contribution in [1.82, 2.24) is 0 Å². The van der Waals surface area contributed by atoms with Crippen molar-refractivity contribution in [1.29, 1.82) is 0 Å². The molecule has 0 saturated carbocycles. The molecule has 0 spiro atoms. The third-order valence-corrected chi connectivity index (χ3v) is 3.10. The summed E-state index contributed by atoms with van der Waals surface area (Å²) in [7, 11) is 0. The van der Waals surface area contributed by atoms with Crippen molar-refractivity contribution in [2.24, 2.45) is 0 Å². The smallest absolute Gasteiger partial charge is 0.255 e. The van der Waals surface area contributed by atoms with Gasteiger partial charge in [0.15, 0.2) is 0 Å². The summed E-state index contributed by atoms with van der Waals surface area (Å²) in [6.07, 6.45) is 0. The number of hydrogen-bond acceptors (Lipinski definition) is 2. The quantitative estimate of drug-likeness (QED) is 0.830. The second kappa shape index (κ2) is 6.74. The van der Waals surface area contributed by atoms with Crippen LogP contribution in [0, 0.1) is 25.7 Å². The maximum atomic E-state index is 12.2. The van der Waals surface area contributed by atoms with Crippen LogP contribution < -0.4 is 5.32 Å². The number of nitrogens with one attached hydrogen (secondary N) is 1. The van der Waals surface area contributed by atoms with E-state index in [0.29, 0.717) is 5.56 Å². The number of carbonyl (C=O) groups excluding carboxylic acids is 1. The second-order valence-electron chi connectivity index (χ2n) is 4.81. The predicted molar refractivity (Wildman–Crippen MR) is 84.3 cm³/mol. The Labute approximate surface area is 124 Å². The minimum Gasteiger partial charge on any atom is -0.384 e. The van der Waals surface area contributed by atoms with Gasteiger partial charge in [0, 0.05) is 16.8 Å². The van der Waals surface area contributed by atoms with E-state index in [1.807, 2.05) is 44.2 Å². The molecule has 2 aromatic rings. The van der Waals surface area contributed by atoms with Gasteiger partial charge in [0.05, 0.1) is 0 Å². The topological polar surface area (TPSA) is 49.3 Å². The Balaban J connectivity index is 2.16. The van der Waals surface area contributed by atoms with E-state index in [1.165, 1.54) is 0 Å². The minimum absolute atomic E-state index is 0.132. The molecule has 0 radical (unpaired) electrons. The highest BCUT2D eigenvalue weighted by molar-refractivity contribution is 6.04. The van der Waals surface area contributed by atoms with Gasteiger partial charge in [-0.05, 0) is 49.7 Å². The molecule has 0 aliphatic heterocycles. The third-order valence-electron chi connectivity index (χ3n) is 3.10. The Kier molecular flexibility index (Phi) is 4.76. The van der Waals surface area contributed by atoms with Crippen molar-refractivity contribution < 1.29 is 9.90 Å². The van der Waals surface area contributed by atoms with E-state index in [0.717, 1.165) is 22.4 Å². The first-order chi connectivity index (χ1) is 10.1. The van der Waals surface area contributed by atoms with Crippen LogP contribution in [0.3, 0.4) is 0 Å². The van der Waals surface area contributed by atoms with E-state index in [1.54, 1.807) is 12.1 Å². The van der Waals surface area contributed by atoms with Gasteiger partial charge in [-0.25, -0.2) is 0 Å². The summed E-state index contributed by atoms with van der Waals surface area (Å²) in [5, 5.41) is 11.6. The summed E-state index contributed by atoms with van der Waals surface area (Å²) in [5.41, 5.74) is 4.25. The highest BCUT2D eigenvalue weighted by atomic mass is 16.2. The Bertz CT molecular complexity index is 706. The molecule has 2 N–H and O–H groups in total. The first-order valence-electron chi connectivity index (χ1n) is 6.68. The molecule has 0 aromatic heterocycles. The molecule has 0 unspecified atom stereocenters. The normalized spacial score (nSPS) is 9.67. The zero-order chi connectivity index (χ0) is 15.2. The lowest BCUT2D eigenvalue weighted by Gasteiger charge is -2.09. The zero-order valence-corrected chi connectivity index (χ0v) is 12.1. The fourth-order valence-corrected chi connectivity index (χ4v) is 1.92. The number of carbonyl (C=O) groups is 1. The van der Waals surface area contributed by atoms with E-state index < -0.39 is 0 Å². The van der Waals surface area contributed by atoms with Crippen molar-refractivity contribution >= 4 is 11.6 Å². The standard InChI is InChI=1S/C18H17NO2/c1-13-5-8-16(9-6-13)18(21)19-17-10-7-15(4-3-11-20)12-14(17)2/h5-10,12,20H,11H2,1-2H3,(H,19,21). The predicted octanol–water partition coefficient (Wildman–Crippen LogP) is 2.90. The molecule has 0 bridgehead atoms. The Hall–Kier alpha value is -2.57. The van der Waals surface area contributed by atoms with Gasteiger partial charge in [0.1, 0.15) is 6.61 Å². The number of benzene rings is 2. The van der Waals surface area contributed by atoms with Crippen molar-refractivity contribution in [3.8, 4) is 11.8 Å². The average Bonchev–Trinajstić information content (AvgIpc) is 2.48. The first kappa shape index (κ1) is 14.8. The summed E-state index contributed by atoms with van der Waals surface area (Å²) >= 11 is 0. The van der Waals surface area contributed by atoms with Crippen LogP contribution in [0.5, 0.6) is 0 Å². The van der Waals surface area contributed by atoms with Crippen LogP contribution in [0.15, 0.2) is 42.5 Å². The molecule has 3 nitrogen and oxygen atoms in total. The fourth-order valence-electron chi connectivity index (χ4n) is 1.92. The van der Waals surface area contributed by atoms with Gasteiger partial charge in [-0.15, -0.1) is 0 Å². The molecule has 0 atom stereocenters. The minimum atomic E-state index is -0.162. The van der Waals surface area contributed by atoms with Crippen molar-refractivity contribution in [3.63, 3.8) is 0 Å². The van der Waals surface area contributed by atoms with Crippen LogP contribution in [-0.2, 0) is 0 Å². The summed E-state index contributed by atoms with van der Waals surface area (Å²) in [6.45, 7) is 3.73. The van der Waals surface area contributed by atoms with Crippen LogP contribution in [0.25, 0.3) is 0 Å². The number of hydrogen-bond donors (Lipinski definition) is 2. The van der Waals surface area contributed by atoms with Gasteiger partial charge in [-0.3, -0.25) is 4.79 Å². The molecule has 3 heteroatoms. The molecule has 1 amide bonds. The van der Waals surface area contributed by atoms with Crippen LogP contribution in [0.4, 0.5) is 5.69 Å². The van der Waals surface area contributed by atoms with Crippen molar-refractivity contribution in [3.05, 3.63) is 64.7 Å². The molecule has 0 aliphatic rings. The van der Waals surface area contributed by atoms with Gasteiger partial charge in [0.2, 0.25) is 0 Å². The van der Waals surface area contributed by atoms with Gasteiger partial charge in [0.25, 0.3) is 5.91 Å². The first-order valence-corrected chi connectivity index (χ1v) is 6.68. The lowest BCUT2D eigenvalue weighted by molar-refractivity contribution is 0.102. The summed E-state index contributed by atoms with van der Waals surface area (Å²) in [5.74, 6) is 5.31. The SMILES string of the molecule is Cc1ccc(C(=O)Nc2ccc(C#CCO)cc2C)cc1. The van der Waals surface area contributed by atoms with E-state index in [2.05, 4.69) is 17.2 Å². The molecule has 0 heterocycles. The average molecular weight is 279 g/mol. The van der Waals surface area contributed by atoms with Crippen molar-refractivity contribution in [2.75, 3.05) is 11.9 Å². The molecule has 106 valence electrons. The monoisotopic (exact) mass is 279 g/mol. The fraction of sp³-hybridized carbons (Fsp3) is 0.167. The number of aliphatic hydroxyl groups is 1. The lowest BCUT2D eigenvalue weighted by atomic mass is 10.1. The van der Waals surface area contributed by atoms with Gasteiger partial charge in [-0.1, -0.05) is 29.5 Å². The molecule has 2 rings (SSSR count). The van der Waals surface area contributed by atoms with Crippen LogP contribution in [0.1, 0.15) is 27.0 Å². The molecule has 0 fully saturated rings. The third kappa shape index (κ3) is 3.95. The van der Waals surface area contributed by atoms with Gasteiger partial charge < -0.3 is 10.4 Å². The highest BCUT2D eigenvalue weighted by Crippen LogP contribution is 2.17. The lowest BCUT2D eigenvalue weighted by Crippen LogP contribution is -2.12. The molecule has 0 saturated heterocycles. The largest absolute Gasteiger partial charge is 0.384 e. The Morgan fingerprint density at radius 1 is 1.14 bits per heavy atom. The Morgan fingerprint density at radius 2 is 1.86 bits per heavy atom. The van der Waals surface area contributed by atoms with Crippen LogP contribution in [-0.4, -0.2) is 17.6 Å². The maximum Gasteiger partial charge on any atom is 0.255 e. The number of rotatable bonds is 2. The Morgan fingerprint density at radius 3 is 2.48 bits per heavy atom. The molecule has 0 aliphatic carbocycles. The van der Waals surface area contributed by atoms with Gasteiger partial charge in [-0.2, -0.15) is 0 Å². The number of aliphatic hydroxyl groups excluding tert-OH is 1. The summed E-state index contributed by atoms with van der Waals surface area (Å²) in [6, 6.07) is 13.0. The van der Waals surface area contributed by atoms with Crippen LogP contribution in [0.2, 0.25) is 0 Å². The molecular formula is C18H17NO2. The van der Waals surface area contributed by atoms with E-state index in [-0.39, 0.29) is 12.5 Å². The van der Waals surface area contributed by atoms with E-state index >= 15 is 0 Å². The highest BCUT2D eigenvalue weighted by Gasteiger charge is 2.07. The molecule has 2 aromatic carbocycles. The van der Waals surface area contributed by atoms with Gasteiger partial charge >= 0.3 is 0 Å². The van der Waals surface area contributed by atoms with Crippen molar-refractivity contribution in [2.45, 2.75) is 13.8 Å². The summed E-state index contributed by atoms with van der Waals surface area (Å²) in [4.78, 5) is 12.2. The number of amides is 1. The molecular weight excluding hydrogens is 262 g/mol. The zero-order valence-electron chi connectivity index (χ0n) is 12.1. The second-order valence-corrected chi connectivity index (χ2v) is 4.81. The van der Waals surface area contributed by atoms with Crippen LogP contribution >= 0.6 is 0 Å². The van der Waals surface area contributed by atoms with E-state index in [4.69, 9.17) is 5.11 Å². The number of aryl methyl sites for hydroxylation is 2. The maximum absolute atomic E-state index is 12.2. The summed E-state index contributed by atoms with van der Waals surface area (Å²) < 4.78 is 0. The number of anilines is 1. The van der Waals surface area contributed by atoms with E-state index in [9.17, 15) is 4.79 Å².